The van der Waals surface area contributed by atoms with E-state index in [2.05, 4.69) is 5.32 Å². The number of methoxy groups -OCH3 is 2. The van der Waals surface area contributed by atoms with Crippen molar-refractivity contribution in [3.8, 4) is 11.5 Å². The highest BCUT2D eigenvalue weighted by Gasteiger charge is 2.16. The standard InChI is InChI=1S/C15H12Cl3NO3/c1-21-13-7-12(14(22-2)6-11(13)18)19-15(20)9-5-8(16)3-4-10(9)17/h3-7H,1-2H3,(H,19,20). The minimum Gasteiger partial charge on any atom is -0.495 e. The van der Waals surface area contributed by atoms with Gasteiger partial charge in [-0.2, -0.15) is 0 Å². The highest BCUT2D eigenvalue weighted by atomic mass is 35.5. The summed E-state index contributed by atoms with van der Waals surface area (Å²) in [7, 11) is 2.95. The van der Waals surface area contributed by atoms with Crippen LogP contribution in [-0.2, 0) is 0 Å². The van der Waals surface area contributed by atoms with E-state index in [1.807, 2.05) is 0 Å². The molecule has 2 rings (SSSR count). The number of hydrogen-bond donors (Lipinski definition) is 1. The third-order valence-electron chi connectivity index (χ3n) is 2.90. The Kier molecular flexibility index (Phi) is 5.40. The van der Waals surface area contributed by atoms with Gasteiger partial charge in [-0.15, -0.1) is 0 Å². The van der Waals surface area contributed by atoms with E-state index in [0.29, 0.717) is 32.3 Å². The molecular formula is C15H12Cl3NO3. The summed E-state index contributed by atoms with van der Waals surface area (Å²) < 4.78 is 10.3. The predicted molar refractivity (Wildman–Crippen MR) is 89.0 cm³/mol. The molecule has 2 aromatic carbocycles. The number of anilines is 1. The number of benzene rings is 2. The highest BCUT2D eigenvalue weighted by Crippen LogP contribution is 2.36. The van der Waals surface area contributed by atoms with Crippen LogP contribution in [0.3, 0.4) is 0 Å². The molecule has 0 fully saturated rings. The van der Waals surface area contributed by atoms with E-state index in [9.17, 15) is 4.79 Å². The average molecular weight is 361 g/mol. The molecule has 0 saturated heterocycles. The van der Waals surface area contributed by atoms with Crippen LogP contribution in [0.1, 0.15) is 10.4 Å². The fourth-order valence-electron chi connectivity index (χ4n) is 1.82. The van der Waals surface area contributed by atoms with Crippen LogP contribution in [0.2, 0.25) is 15.1 Å². The van der Waals surface area contributed by atoms with Crippen LogP contribution in [0.5, 0.6) is 11.5 Å². The number of carbonyl (C=O) groups is 1. The number of rotatable bonds is 4. The Labute approximate surface area is 142 Å². The second kappa shape index (κ2) is 7.09. The summed E-state index contributed by atoms with van der Waals surface area (Å²) in [5.74, 6) is 0.391. The zero-order valence-corrected chi connectivity index (χ0v) is 14.0. The maximum Gasteiger partial charge on any atom is 0.257 e. The molecule has 0 aliphatic rings. The second-order valence-electron chi connectivity index (χ2n) is 4.27. The Hall–Kier alpha value is -1.62. The lowest BCUT2D eigenvalue weighted by molar-refractivity contribution is 0.102. The molecule has 0 spiro atoms. The summed E-state index contributed by atoms with van der Waals surface area (Å²) in [5.41, 5.74) is 0.662. The number of ether oxygens (including phenoxy) is 2. The smallest absolute Gasteiger partial charge is 0.257 e. The molecular weight excluding hydrogens is 349 g/mol. The zero-order chi connectivity index (χ0) is 16.3. The van der Waals surface area contributed by atoms with Crippen LogP contribution in [0.4, 0.5) is 5.69 Å². The number of nitrogens with one attached hydrogen (secondary N) is 1. The normalized spacial score (nSPS) is 10.2. The number of carbonyl (C=O) groups excluding carboxylic acids is 1. The molecule has 4 nitrogen and oxygen atoms in total. The summed E-state index contributed by atoms with van der Waals surface area (Å²) in [6.45, 7) is 0. The molecule has 0 heterocycles. The molecule has 0 aromatic heterocycles. The van der Waals surface area contributed by atoms with Crippen LogP contribution >= 0.6 is 34.8 Å². The third kappa shape index (κ3) is 3.58. The summed E-state index contributed by atoms with van der Waals surface area (Å²) >= 11 is 17.9. The molecule has 0 bridgehead atoms. The molecule has 7 heteroatoms. The SMILES string of the molecule is COc1cc(NC(=O)c2cc(Cl)ccc2Cl)c(OC)cc1Cl. The maximum atomic E-state index is 12.4. The van der Waals surface area contributed by atoms with Crippen LogP contribution < -0.4 is 14.8 Å². The van der Waals surface area contributed by atoms with Gasteiger partial charge >= 0.3 is 0 Å². The van der Waals surface area contributed by atoms with Gasteiger partial charge in [0.05, 0.1) is 35.5 Å². The molecule has 22 heavy (non-hydrogen) atoms. The Morgan fingerprint density at radius 1 is 0.955 bits per heavy atom. The van der Waals surface area contributed by atoms with Crippen LogP contribution in [0.15, 0.2) is 30.3 Å². The van der Waals surface area contributed by atoms with E-state index in [0.717, 1.165) is 0 Å². The summed E-state index contributed by atoms with van der Waals surface area (Å²) in [6.07, 6.45) is 0. The van der Waals surface area contributed by atoms with Crippen LogP contribution in [0, 0.1) is 0 Å². The summed E-state index contributed by atoms with van der Waals surface area (Å²) in [5, 5.41) is 3.78. The van der Waals surface area contributed by atoms with Gasteiger partial charge in [0.1, 0.15) is 11.5 Å². The van der Waals surface area contributed by atoms with E-state index in [1.54, 1.807) is 24.3 Å². The van der Waals surface area contributed by atoms with Crippen LogP contribution in [0.25, 0.3) is 0 Å². The van der Waals surface area contributed by atoms with E-state index in [-0.39, 0.29) is 5.56 Å². The Morgan fingerprint density at radius 2 is 1.64 bits per heavy atom. The Balaban J connectivity index is 2.37. The minimum atomic E-state index is -0.421. The van der Waals surface area contributed by atoms with Gasteiger partial charge in [-0.1, -0.05) is 34.8 Å². The van der Waals surface area contributed by atoms with Crippen molar-refractivity contribution < 1.29 is 14.3 Å². The van der Waals surface area contributed by atoms with Crippen LogP contribution in [-0.4, -0.2) is 20.1 Å². The van der Waals surface area contributed by atoms with Gasteiger partial charge in [0.15, 0.2) is 0 Å². The molecule has 1 N–H and O–H groups in total. The average Bonchev–Trinajstić information content (AvgIpc) is 2.50. The Morgan fingerprint density at radius 3 is 2.27 bits per heavy atom. The first-order chi connectivity index (χ1) is 10.5. The van der Waals surface area contributed by atoms with Crippen molar-refractivity contribution in [2.24, 2.45) is 0 Å². The van der Waals surface area contributed by atoms with Crippen molar-refractivity contribution in [1.82, 2.24) is 0 Å². The molecule has 1 amide bonds. The van der Waals surface area contributed by atoms with Gasteiger partial charge in [-0.25, -0.2) is 0 Å². The number of hydrogen-bond acceptors (Lipinski definition) is 3. The lowest BCUT2D eigenvalue weighted by Gasteiger charge is -2.13. The minimum absolute atomic E-state index is 0.255. The summed E-state index contributed by atoms with van der Waals surface area (Å²) in [6, 6.07) is 7.76. The first-order valence-corrected chi connectivity index (χ1v) is 7.27. The van der Waals surface area contributed by atoms with Crippen molar-refractivity contribution in [1.29, 1.82) is 0 Å². The van der Waals surface area contributed by atoms with Gasteiger partial charge < -0.3 is 14.8 Å². The molecule has 0 unspecified atom stereocenters. The second-order valence-corrected chi connectivity index (χ2v) is 5.52. The number of amides is 1. The molecule has 0 aliphatic heterocycles. The first kappa shape index (κ1) is 16.7. The fourth-order valence-corrected chi connectivity index (χ4v) is 2.43. The van der Waals surface area contributed by atoms with Gasteiger partial charge in [-0.05, 0) is 18.2 Å². The summed E-state index contributed by atoms with van der Waals surface area (Å²) in [4.78, 5) is 12.4. The monoisotopic (exact) mass is 359 g/mol. The van der Waals surface area contributed by atoms with Gasteiger partial charge in [0, 0.05) is 17.2 Å². The van der Waals surface area contributed by atoms with Crippen molar-refractivity contribution in [3.63, 3.8) is 0 Å². The predicted octanol–water partition coefficient (Wildman–Crippen LogP) is 4.92. The largest absolute Gasteiger partial charge is 0.495 e. The molecule has 0 radical (unpaired) electrons. The van der Waals surface area contributed by atoms with E-state index >= 15 is 0 Å². The number of halogens is 3. The lowest BCUT2D eigenvalue weighted by Crippen LogP contribution is -2.13. The molecule has 0 saturated carbocycles. The van der Waals surface area contributed by atoms with E-state index < -0.39 is 5.91 Å². The Bertz CT molecular complexity index is 719. The van der Waals surface area contributed by atoms with Gasteiger partial charge in [0.2, 0.25) is 0 Å². The van der Waals surface area contributed by atoms with Crippen molar-refractivity contribution in [3.05, 3.63) is 51.0 Å². The highest BCUT2D eigenvalue weighted by molar-refractivity contribution is 6.36. The maximum absolute atomic E-state index is 12.4. The quantitative estimate of drug-likeness (QED) is 0.842. The van der Waals surface area contributed by atoms with Gasteiger partial charge in [-0.3, -0.25) is 4.79 Å². The molecule has 116 valence electrons. The van der Waals surface area contributed by atoms with E-state index in [4.69, 9.17) is 44.3 Å². The zero-order valence-electron chi connectivity index (χ0n) is 11.7. The molecule has 2 aromatic rings. The lowest BCUT2D eigenvalue weighted by atomic mass is 10.2. The third-order valence-corrected chi connectivity index (χ3v) is 3.76. The van der Waals surface area contributed by atoms with Crippen molar-refractivity contribution in [2.45, 2.75) is 0 Å². The fraction of sp³-hybridized carbons (Fsp3) is 0.133. The van der Waals surface area contributed by atoms with E-state index in [1.165, 1.54) is 20.3 Å². The molecule has 0 atom stereocenters. The van der Waals surface area contributed by atoms with Crippen molar-refractivity contribution in [2.75, 3.05) is 19.5 Å². The van der Waals surface area contributed by atoms with Crippen molar-refractivity contribution >= 4 is 46.4 Å². The molecule has 0 aliphatic carbocycles. The van der Waals surface area contributed by atoms with Gasteiger partial charge in [0.25, 0.3) is 5.91 Å². The topological polar surface area (TPSA) is 47.6 Å². The first-order valence-electron chi connectivity index (χ1n) is 6.14.